The molecule has 2 fully saturated rings. The molecule has 0 radical (unpaired) electrons. The SMILES string of the molecule is CC(=O)C(CO)N1CC2(CCC(NCC(C)C)CC2)C1=O. The summed E-state index contributed by atoms with van der Waals surface area (Å²) in [4.78, 5) is 25.5. The van der Waals surface area contributed by atoms with E-state index in [2.05, 4.69) is 19.2 Å². The number of carbonyl (C=O) groups excluding carboxylic acids is 2. The summed E-state index contributed by atoms with van der Waals surface area (Å²) in [6.07, 6.45) is 3.84. The summed E-state index contributed by atoms with van der Waals surface area (Å²) in [5.41, 5.74) is -0.251. The number of carbonyl (C=O) groups is 2. The zero-order valence-corrected chi connectivity index (χ0v) is 13.4. The van der Waals surface area contributed by atoms with E-state index in [0.717, 1.165) is 32.2 Å². The second kappa shape index (κ2) is 6.44. The van der Waals surface area contributed by atoms with E-state index in [1.807, 2.05) is 0 Å². The van der Waals surface area contributed by atoms with Crippen LogP contribution >= 0.6 is 0 Å². The van der Waals surface area contributed by atoms with E-state index in [-0.39, 0.29) is 23.7 Å². The second-order valence-electron chi connectivity index (χ2n) is 7.10. The summed E-state index contributed by atoms with van der Waals surface area (Å²) >= 11 is 0. The molecule has 2 rings (SSSR count). The van der Waals surface area contributed by atoms with Gasteiger partial charge in [-0.05, 0) is 45.1 Å². The first-order valence-electron chi connectivity index (χ1n) is 8.05. The molecule has 1 aliphatic carbocycles. The van der Waals surface area contributed by atoms with Gasteiger partial charge in [0.15, 0.2) is 5.78 Å². The average Bonchev–Trinajstić information content (AvgIpc) is 2.45. The highest BCUT2D eigenvalue weighted by molar-refractivity contribution is 5.94. The first kappa shape index (κ1) is 16.4. The summed E-state index contributed by atoms with van der Waals surface area (Å²) in [6.45, 7) is 7.21. The van der Waals surface area contributed by atoms with Gasteiger partial charge in [-0.25, -0.2) is 0 Å². The molecule has 2 aliphatic rings. The molecule has 1 heterocycles. The summed E-state index contributed by atoms with van der Waals surface area (Å²) in [5, 5.41) is 12.8. The Hall–Kier alpha value is -0.940. The number of aliphatic hydroxyl groups excluding tert-OH is 1. The lowest BCUT2D eigenvalue weighted by atomic mass is 9.66. The highest BCUT2D eigenvalue weighted by atomic mass is 16.3. The zero-order valence-electron chi connectivity index (χ0n) is 13.4. The quantitative estimate of drug-likeness (QED) is 0.716. The fourth-order valence-electron chi connectivity index (χ4n) is 3.53. The number of β-lactam (4-membered cyclic amide) rings is 1. The van der Waals surface area contributed by atoms with Crippen LogP contribution in [-0.2, 0) is 9.59 Å². The number of amides is 1. The largest absolute Gasteiger partial charge is 0.394 e. The number of likely N-dealkylation sites (tertiary alicyclic amines) is 1. The number of aliphatic hydroxyl groups is 1. The van der Waals surface area contributed by atoms with Crippen molar-refractivity contribution in [1.82, 2.24) is 10.2 Å². The first-order valence-corrected chi connectivity index (χ1v) is 8.05. The Labute approximate surface area is 127 Å². The molecule has 0 bridgehead atoms. The molecule has 1 saturated heterocycles. The van der Waals surface area contributed by atoms with Crippen molar-refractivity contribution in [3.63, 3.8) is 0 Å². The van der Waals surface area contributed by atoms with Crippen molar-refractivity contribution in [3.05, 3.63) is 0 Å². The maximum absolute atomic E-state index is 12.5. The van der Waals surface area contributed by atoms with Crippen LogP contribution in [0, 0.1) is 11.3 Å². The molecule has 0 aromatic rings. The van der Waals surface area contributed by atoms with Gasteiger partial charge < -0.3 is 15.3 Å². The third-order valence-corrected chi connectivity index (χ3v) is 4.96. The fraction of sp³-hybridized carbons (Fsp3) is 0.875. The number of nitrogens with one attached hydrogen (secondary N) is 1. The summed E-state index contributed by atoms with van der Waals surface area (Å²) in [5.74, 6) is 0.578. The van der Waals surface area contributed by atoms with Crippen LogP contribution in [-0.4, -0.2) is 53.5 Å². The molecule has 2 N–H and O–H groups in total. The molecule has 1 aliphatic heterocycles. The van der Waals surface area contributed by atoms with Crippen LogP contribution in [0.2, 0.25) is 0 Å². The van der Waals surface area contributed by atoms with Gasteiger partial charge in [-0.1, -0.05) is 13.8 Å². The van der Waals surface area contributed by atoms with Crippen LogP contribution in [0.15, 0.2) is 0 Å². The van der Waals surface area contributed by atoms with Gasteiger partial charge in [0.1, 0.15) is 6.04 Å². The van der Waals surface area contributed by atoms with E-state index in [9.17, 15) is 14.7 Å². The van der Waals surface area contributed by atoms with Crippen LogP contribution in [0.1, 0.15) is 46.5 Å². The van der Waals surface area contributed by atoms with Crippen molar-refractivity contribution < 1.29 is 14.7 Å². The van der Waals surface area contributed by atoms with Crippen molar-refractivity contribution in [1.29, 1.82) is 0 Å². The normalized spacial score (nSPS) is 30.6. The average molecular weight is 296 g/mol. The van der Waals surface area contributed by atoms with Crippen LogP contribution in [0.3, 0.4) is 0 Å². The van der Waals surface area contributed by atoms with Gasteiger partial charge in [0, 0.05) is 12.6 Å². The smallest absolute Gasteiger partial charge is 0.231 e. The summed E-state index contributed by atoms with van der Waals surface area (Å²) < 4.78 is 0. The van der Waals surface area contributed by atoms with Gasteiger partial charge in [-0.15, -0.1) is 0 Å². The molecule has 1 spiro atoms. The molecule has 5 heteroatoms. The maximum Gasteiger partial charge on any atom is 0.231 e. The minimum atomic E-state index is -0.639. The number of nitrogens with zero attached hydrogens (tertiary/aromatic N) is 1. The number of ketones is 1. The van der Waals surface area contributed by atoms with Crippen LogP contribution in [0.5, 0.6) is 0 Å². The number of Topliss-reactive ketones (excluding diaryl/α,β-unsaturated/α-hetero) is 1. The Bertz CT molecular complexity index is 400. The topological polar surface area (TPSA) is 69.6 Å². The zero-order chi connectivity index (χ0) is 15.6. The van der Waals surface area contributed by atoms with Crippen molar-refractivity contribution >= 4 is 11.7 Å². The second-order valence-corrected chi connectivity index (χ2v) is 7.10. The lowest BCUT2D eigenvalue weighted by molar-refractivity contribution is -0.172. The van der Waals surface area contributed by atoms with E-state index in [4.69, 9.17) is 0 Å². The molecular weight excluding hydrogens is 268 g/mol. The summed E-state index contributed by atoms with van der Waals surface area (Å²) in [6, 6.07) is -0.124. The van der Waals surface area contributed by atoms with E-state index < -0.39 is 6.04 Å². The minimum Gasteiger partial charge on any atom is -0.394 e. The molecule has 21 heavy (non-hydrogen) atoms. The fourth-order valence-corrected chi connectivity index (χ4v) is 3.53. The van der Waals surface area contributed by atoms with E-state index in [0.29, 0.717) is 18.5 Å². The van der Waals surface area contributed by atoms with Crippen molar-refractivity contribution in [2.75, 3.05) is 19.7 Å². The van der Waals surface area contributed by atoms with E-state index in [1.165, 1.54) is 6.92 Å². The Kier molecular flexibility index (Phi) is 5.04. The van der Waals surface area contributed by atoms with Gasteiger partial charge in [0.05, 0.1) is 12.0 Å². The molecule has 1 atom stereocenters. The van der Waals surface area contributed by atoms with Crippen LogP contribution < -0.4 is 5.32 Å². The third kappa shape index (κ3) is 3.29. The highest BCUT2D eigenvalue weighted by Gasteiger charge is 2.55. The first-order chi connectivity index (χ1) is 9.89. The molecule has 0 aromatic carbocycles. The molecule has 1 amide bonds. The van der Waals surface area contributed by atoms with Gasteiger partial charge >= 0.3 is 0 Å². The maximum atomic E-state index is 12.5. The molecule has 5 nitrogen and oxygen atoms in total. The Balaban J connectivity index is 1.85. The number of hydrogen-bond acceptors (Lipinski definition) is 4. The van der Waals surface area contributed by atoms with Crippen LogP contribution in [0.25, 0.3) is 0 Å². The van der Waals surface area contributed by atoms with E-state index in [1.54, 1.807) is 4.90 Å². The van der Waals surface area contributed by atoms with E-state index >= 15 is 0 Å². The van der Waals surface area contributed by atoms with Gasteiger partial charge in [0.2, 0.25) is 5.91 Å². The number of hydrogen-bond donors (Lipinski definition) is 2. The van der Waals surface area contributed by atoms with Crippen molar-refractivity contribution in [2.45, 2.75) is 58.5 Å². The predicted molar refractivity (Wildman–Crippen MR) is 80.8 cm³/mol. The van der Waals surface area contributed by atoms with Crippen molar-refractivity contribution in [3.8, 4) is 0 Å². The monoisotopic (exact) mass is 296 g/mol. The lowest BCUT2D eigenvalue weighted by Gasteiger charge is -2.54. The summed E-state index contributed by atoms with van der Waals surface area (Å²) in [7, 11) is 0. The standard InChI is InChI=1S/C16H28N2O3/c1-11(2)8-17-13-4-6-16(7-5-13)10-18(15(16)21)14(9-19)12(3)20/h11,13-14,17,19H,4-10H2,1-3H3. The predicted octanol–water partition coefficient (Wildman–Crippen LogP) is 0.953. The molecule has 0 aromatic heterocycles. The minimum absolute atomic E-state index is 0.0686. The van der Waals surface area contributed by atoms with Gasteiger partial charge in [0.25, 0.3) is 0 Å². The molecule has 1 unspecified atom stereocenters. The molecule has 120 valence electrons. The highest BCUT2D eigenvalue weighted by Crippen LogP contribution is 2.45. The third-order valence-electron chi connectivity index (χ3n) is 4.96. The lowest BCUT2D eigenvalue weighted by Crippen LogP contribution is -2.67. The molecular formula is C16H28N2O3. The molecule has 1 saturated carbocycles. The Morgan fingerprint density at radius 3 is 2.48 bits per heavy atom. The van der Waals surface area contributed by atoms with Gasteiger partial charge in [-0.3, -0.25) is 9.59 Å². The number of rotatable bonds is 6. The van der Waals surface area contributed by atoms with Gasteiger partial charge in [-0.2, -0.15) is 0 Å². The Morgan fingerprint density at radius 2 is 2.05 bits per heavy atom. The van der Waals surface area contributed by atoms with Crippen molar-refractivity contribution in [2.24, 2.45) is 11.3 Å². The Morgan fingerprint density at radius 1 is 1.43 bits per heavy atom. The van der Waals surface area contributed by atoms with Crippen LogP contribution in [0.4, 0.5) is 0 Å².